The van der Waals surface area contributed by atoms with Gasteiger partial charge < -0.3 is 4.74 Å². The van der Waals surface area contributed by atoms with Crippen LogP contribution in [0.3, 0.4) is 0 Å². The van der Waals surface area contributed by atoms with Crippen LogP contribution in [-0.2, 0) is 25.5 Å². The minimum atomic E-state index is -1.31. The fourth-order valence-corrected chi connectivity index (χ4v) is 1.93. The lowest BCUT2D eigenvalue weighted by Crippen LogP contribution is -2.33. The molecule has 0 aliphatic heterocycles. The van der Waals surface area contributed by atoms with Crippen molar-refractivity contribution in [3.8, 4) is 0 Å². The maximum atomic E-state index is 12.1. The Balaban J connectivity index is 2.85. The molecular weight excluding hydrogens is 312 g/mol. The Morgan fingerprint density at radius 3 is 2.21 bits per heavy atom. The van der Waals surface area contributed by atoms with Crippen molar-refractivity contribution >= 4 is 33.5 Å². The SMILES string of the molecule is CCC(=O)[C@@H](C(=O)Cc1ccc(Br)cc1)C(=O)OC. The molecule has 0 fully saturated rings. The largest absolute Gasteiger partial charge is 0.468 e. The molecular formula is C14H15BrO4. The van der Waals surface area contributed by atoms with E-state index in [2.05, 4.69) is 20.7 Å². The van der Waals surface area contributed by atoms with Crippen LogP contribution in [-0.4, -0.2) is 24.6 Å². The maximum absolute atomic E-state index is 12.1. The molecule has 4 nitrogen and oxygen atoms in total. The Morgan fingerprint density at radius 2 is 1.74 bits per heavy atom. The molecule has 0 saturated heterocycles. The van der Waals surface area contributed by atoms with Crippen LogP contribution in [0, 0.1) is 5.92 Å². The lowest BCUT2D eigenvalue weighted by molar-refractivity contribution is -0.152. The van der Waals surface area contributed by atoms with Crippen molar-refractivity contribution in [2.45, 2.75) is 19.8 Å². The summed E-state index contributed by atoms with van der Waals surface area (Å²) >= 11 is 3.30. The number of Topliss-reactive ketones (excluding diaryl/α,β-unsaturated/α-hetero) is 2. The quantitative estimate of drug-likeness (QED) is 0.594. The van der Waals surface area contributed by atoms with E-state index in [9.17, 15) is 14.4 Å². The summed E-state index contributed by atoms with van der Waals surface area (Å²) in [6, 6.07) is 7.15. The fourth-order valence-electron chi connectivity index (χ4n) is 1.67. The summed E-state index contributed by atoms with van der Waals surface area (Å²) in [6.45, 7) is 1.62. The molecule has 0 heterocycles. The molecule has 0 aliphatic carbocycles. The first-order valence-corrected chi connectivity index (χ1v) is 6.66. The van der Waals surface area contributed by atoms with Crippen LogP contribution in [0.15, 0.2) is 28.7 Å². The van der Waals surface area contributed by atoms with Gasteiger partial charge in [-0.1, -0.05) is 35.0 Å². The van der Waals surface area contributed by atoms with Gasteiger partial charge in [0.2, 0.25) is 0 Å². The van der Waals surface area contributed by atoms with Gasteiger partial charge in [0.15, 0.2) is 17.5 Å². The molecule has 0 aromatic heterocycles. The Bertz CT molecular complexity index is 463. The summed E-state index contributed by atoms with van der Waals surface area (Å²) in [6.07, 6.45) is 0.171. The maximum Gasteiger partial charge on any atom is 0.323 e. The molecule has 1 atom stereocenters. The monoisotopic (exact) mass is 326 g/mol. The second kappa shape index (κ2) is 7.19. The van der Waals surface area contributed by atoms with Gasteiger partial charge in [-0.25, -0.2) is 0 Å². The van der Waals surface area contributed by atoms with Crippen LogP contribution in [0.1, 0.15) is 18.9 Å². The van der Waals surface area contributed by atoms with E-state index in [0.29, 0.717) is 0 Å². The molecule has 1 aromatic rings. The Labute approximate surface area is 120 Å². The zero-order chi connectivity index (χ0) is 14.4. The standard InChI is InChI=1S/C14H15BrO4/c1-3-11(16)13(14(18)19-2)12(17)8-9-4-6-10(15)7-5-9/h4-7,13H,3,8H2,1-2H3/t13-/m0/s1. The molecule has 5 heteroatoms. The predicted octanol–water partition coefficient (Wildman–Crippen LogP) is 2.33. The molecule has 1 aromatic carbocycles. The van der Waals surface area contributed by atoms with Crippen LogP contribution in [0.4, 0.5) is 0 Å². The molecule has 0 spiro atoms. The van der Waals surface area contributed by atoms with E-state index < -0.39 is 23.5 Å². The lowest BCUT2D eigenvalue weighted by atomic mass is 9.93. The molecule has 1 rings (SSSR count). The van der Waals surface area contributed by atoms with Crippen molar-refractivity contribution in [3.63, 3.8) is 0 Å². The van der Waals surface area contributed by atoms with Crippen LogP contribution in [0.25, 0.3) is 0 Å². The summed E-state index contributed by atoms with van der Waals surface area (Å²) in [4.78, 5) is 35.3. The smallest absolute Gasteiger partial charge is 0.323 e. The summed E-state index contributed by atoms with van der Waals surface area (Å²) in [7, 11) is 1.17. The van der Waals surface area contributed by atoms with Crippen LogP contribution in [0.5, 0.6) is 0 Å². The number of rotatable bonds is 6. The second-order valence-electron chi connectivity index (χ2n) is 4.05. The number of ketones is 2. The van der Waals surface area contributed by atoms with E-state index in [1.54, 1.807) is 31.2 Å². The summed E-state index contributed by atoms with van der Waals surface area (Å²) in [5.41, 5.74) is 0.756. The van der Waals surface area contributed by atoms with Gasteiger partial charge in [0.1, 0.15) is 0 Å². The molecule has 0 saturated carbocycles. The molecule has 102 valence electrons. The topological polar surface area (TPSA) is 60.4 Å². The van der Waals surface area contributed by atoms with Crippen molar-refractivity contribution in [2.24, 2.45) is 5.92 Å². The average Bonchev–Trinajstić information content (AvgIpc) is 2.41. The number of ether oxygens (including phenoxy) is 1. The zero-order valence-electron chi connectivity index (χ0n) is 10.8. The van der Waals surface area contributed by atoms with Crippen molar-refractivity contribution in [3.05, 3.63) is 34.3 Å². The minimum absolute atomic E-state index is 0.0405. The minimum Gasteiger partial charge on any atom is -0.468 e. The third-order valence-electron chi connectivity index (χ3n) is 2.72. The van der Waals surface area contributed by atoms with E-state index in [1.165, 1.54) is 7.11 Å². The van der Waals surface area contributed by atoms with Crippen LogP contribution >= 0.6 is 15.9 Å². The van der Waals surface area contributed by atoms with E-state index in [1.807, 2.05) is 0 Å². The first kappa shape index (κ1) is 15.6. The third-order valence-corrected chi connectivity index (χ3v) is 3.25. The Kier molecular flexibility index (Phi) is 5.89. The van der Waals surface area contributed by atoms with E-state index in [-0.39, 0.29) is 12.8 Å². The number of carbonyl (C=O) groups is 3. The van der Waals surface area contributed by atoms with E-state index in [0.717, 1.165) is 10.0 Å². The van der Waals surface area contributed by atoms with Gasteiger partial charge in [-0.2, -0.15) is 0 Å². The van der Waals surface area contributed by atoms with Crippen molar-refractivity contribution in [2.75, 3.05) is 7.11 Å². The van der Waals surface area contributed by atoms with Gasteiger partial charge >= 0.3 is 5.97 Å². The molecule has 0 amide bonds. The van der Waals surface area contributed by atoms with Crippen LogP contribution in [0.2, 0.25) is 0 Å². The summed E-state index contributed by atoms with van der Waals surface area (Å²) < 4.78 is 5.43. The predicted molar refractivity (Wildman–Crippen MR) is 73.7 cm³/mol. The molecule has 0 unspecified atom stereocenters. The average molecular weight is 327 g/mol. The third kappa shape index (κ3) is 4.28. The highest BCUT2D eigenvalue weighted by molar-refractivity contribution is 9.10. The van der Waals surface area contributed by atoms with E-state index in [4.69, 9.17) is 0 Å². The highest BCUT2D eigenvalue weighted by Gasteiger charge is 2.33. The fraction of sp³-hybridized carbons (Fsp3) is 0.357. The number of benzene rings is 1. The normalized spacial score (nSPS) is 11.7. The first-order chi connectivity index (χ1) is 8.99. The molecule has 0 N–H and O–H groups in total. The zero-order valence-corrected chi connectivity index (χ0v) is 12.4. The van der Waals surface area contributed by atoms with E-state index >= 15 is 0 Å². The van der Waals surface area contributed by atoms with Crippen molar-refractivity contribution in [1.82, 2.24) is 0 Å². The Hall–Kier alpha value is -1.49. The molecule has 0 aliphatic rings. The van der Waals surface area contributed by atoms with Gasteiger partial charge in [0.25, 0.3) is 0 Å². The highest BCUT2D eigenvalue weighted by atomic mass is 79.9. The van der Waals surface area contributed by atoms with Crippen LogP contribution < -0.4 is 0 Å². The number of methoxy groups -OCH3 is 1. The Morgan fingerprint density at radius 1 is 1.16 bits per heavy atom. The number of hydrogen-bond acceptors (Lipinski definition) is 4. The number of hydrogen-bond donors (Lipinski definition) is 0. The number of esters is 1. The lowest BCUT2D eigenvalue weighted by Gasteiger charge is -2.11. The second-order valence-corrected chi connectivity index (χ2v) is 4.96. The number of halogens is 1. The van der Waals surface area contributed by atoms with Gasteiger partial charge in [-0.05, 0) is 17.7 Å². The highest BCUT2D eigenvalue weighted by Crippen LogP contribution is 2.14. The van der Waals surface area contributed by atoms with Gasteiger partial charge in [-0.3, -0.25) is 14.4 Å². The summed E-state index contributed by atoms with van der Waals surface area (Å²) in [5, 5.41) is 0. The summed E-state index contributed by atoms with van der Waals surface area (Å²) in [5.74, 6) is -2.93. The van der Waals surface area contributed by atoms with Crippen molar-refractivity contribution in [1.29, 1.82) is 0 Å². The number of carbonyl (C=O) groups excluding carboxylic acids is 3. The van der Waals surface area contributed by atoms with Gasteiger partial charge in [0, 0.05) is 17.3 Å². The van der Waals surface area contributed by atoms with Gasteiger partial charge in [-0.15, -0.1) is 0 Å². The van der Waals surface area contributed by atoms with Gasteiger partial charge in [0.05, 0.1) is 7.11 Å². The molecule has 0 bridgehead atoms. The molecule has 19 heavy (non-hydrogen) atoms. The molecule has 0 radical (unpaired) electrons. The first-order valence-electron chi connectivity index (χ1n) is 5.87. The van der Waals surface area contributed by atoms with Crippen molar-refractivity contribution < 1.29 is 19.1 Å².